The van der Waals surface area contributed by atoms with Gasteiger partial charge in [-0.2, -0.15) is 0 Å². The van der Waals surface area contributed by atoms with Crippen LogP contribution >= 0.6 is 23.2 Å². The third-order valence-corrected chi connectivity index (χ3v) is 4.95. The molecular weight excluding hydrogens is 391 g/mol. The zero-order valence-corrected chi connectivity index (χ0v) is 16.2. The van der Waals surface area contributed by atoms with Gasteiger partial charge < -0.3 is 9.32 Å². The Kier molecular flexibility index (Phi) is 5.74. The van der Waals surface area contributed by atoms with Crippen LogP contribution in [0.4, 0.5) is 5.69 Å². The van der Waals surface area contributed by atoms with Crippen LogP contribution in [0.3, 0.4) is 0 Å². The van der Waals surface area contributed by atoms with Crippen molar-refractivity contribution in [1.29, 1.82) is 0 Å². The number of hydrogen-bond donors (Lipinski definition) is 1. The van der Waals surface area contributed by atoms with Crippen LogP contribution in [-0.4, -0.2) is 22.2 Å². The number of nitro groups is 1. The van der Waals surface area contributed by atoms with Gasteiger partial charge in [-0.15, -0.1) is 10.2 Å². The summed E-state index contributed by atoms with van der Waals surface area (Å²) in [6, 6.07) is 11.3. The summed E-state index contributed by atoms with van der Waals surface area (Å²) in [6.07, 6.45) is 0. The van der Waals surface area contributed by atoms with E-state index in [9.17, 15) is 10.1 Å². The van der Waals surface area contributed by atoms with Crippen LogP contribution in [0.1, 0.15) is 24.4 Å². The number of rotatable bonds is 6. The predicted molar refractivity (Wildman–Crippen MR) is 102 cm³/mol. The molecule has 0 fully saturated rings. The fraction of sp³-hybridized carbons (Fsp3) is 0.222. The highest BCUT2D eigenvalue weighted by Gasteiger charge is 2.23. The lowest BCUT2D eigenvalue weighted by molar-refractivity contribution is -0.925. The normalized spacial score (nSPS) is 13.3. The van der Waals surface area contributed by atoms with Gasteiger partial charge in [-0.05, 0) is 31.2 Å². The highest BCUT2D eigenvalue weighted by atomic mass is 35.5. The molecule has 9 heteroatoms. The highest BCUT2D eigenvalue weighted by molar-refractivity contribution is 6.35. The van der Waals surface area contributed by atoms with Gasteiger partial charge in [-0.1, -0.05) is 29.3 Å². The first-order valence-electron chi connectivity index (χ1n) is 8.19. The standard InChI is InChI=1S/C18H16Cl2N4O3/c1-11(23(2)10-13-3-6-14(19)9-16(13)20)17-21-22-18(27-17)12-4-7-15(8-5-12)24(25)26/h3-9,11H,10H2,1-2H3/p+1/t11-/m0/s1. The van der Waals surface area contributed by atoms with Crippen molar-refractivity contribution in [3.63, 3.8) is 0 Å². The number of nitrogens with zero attached hydrogens (tertiary/aromatic N) is 3. The van der Waals surface area contributed by atoms with Crippen molar-refractivity contribution < 1.29 is 14.2 Å². The smallest absolute Gasteiger partial charge is 0.274 e. The second-order valence-electron chi connectivity index (χ2n) is 6.23. The minimum absolute atomic E-state index is 0.0101. The Morgan fingerprint density at radius 2 is 1.89 bits per heavy atom. The minimum Gasteiger partial charge on any atom is -0.415 e. The summed E-state index contributed by atoms with van der Waals surface area (Å²) in [4.78, 5) is 11.4. The molecule has 0 aliphatic rings. The summed E-state index contributed by atoms with van der Waals surface area (Å²) in [5.74, 6) is 0.801. The zero-order chi connectivity index (χ0) is 19.6. The van der Waals surface area contributed by atoms with Crippen molar-refractivity contribution in [1.82, 2.24) is 10.2 Å². The van der Waals surface area contributed by atoms with E-state index in [2.05, 4.69) is 10.2 Å². The van der Waals surface area contributed by atoms with E-state index in [-0.39, 0.29) is 11.7 Å². The Morgan fingerprint density at radius 1 is 1.19 bits per heavy atom. The van der Waals surface area contributed by atoms with Gasteiger partial charge in [0.2, 0.25) is 5.89 Å². The SMILES string of the molecule is C[C@@H](c1nnc(-c2ccc([N+](=O)[O-])cc2)o1)[NH+](C)Cc1ccc(Cl)cc1Cl. The number of quaternary nitrogens is 1. The number of halogens is 2. The molecule has 2 aromatic carbocycles. The maximum Gasteiger partial charge on any atom is 0.274 e. The van der Waals surface area contributed by atoms with E-state index in [0.717, 1.165) is 10.5 Å². The number of non-ortho nitro benzene ring substituents is 1. The van der Waals surface area contributed by atoms with E-state index >= 15 is 0 Å². The summed E-state index contributed by atoms with van der Waals surface area (Å²) in [5.41, 5.74) is 1.61. The predicted octanol–water partition coefficient (Wildman–Crippen LogP) is 3.73. The summed E-state index contributed by atoms with van der Waals surface area (Å²) in [6.45, 7) is 2.64. The lowest BCUT2D eigenvalue weighted by atomic mass is 10.2. The quantitative estimate of drug-likeness (QED) is 0.496. The zero-order valence-electron chi connectivity index (χ0n) is 14.6. The number of hydrogen-bond acceptors (Lipinski definition) is 5. The molecular formula is C18H17Cl2N4O3+. The Hall–Kier alpha value is -2.48. The maximum absolute atomic E-state index is 10.7. The average molecular weight is 408 g/mol. The number of nitro benzene ring substituents is 1. The molecule has 1 N–H and O–H groups in total. The largest absolute Gasteiger partial charge is 0.415 e. The lowest BCUT2D eigenvalue weighted by Crippen LogP contribution is -3.07. The van der Waals surface area contributed by atoms with E-state index in [0.29, 0.717) is 33.9 Å². The van der Waals surface area contributed by atoms with Crippen molar-refractivity contribution in [2.24, 2.45) is 0 Å². The van der Waals surface area contributed by atoms with Crippen LogP contribution in [0.5, 0.6) is 0 Å². The molecule has 0 amide bonds. The first kappa shape index (κ1) is 19.3. The first-order valence-corrected chi connectivity index (χ1v) is 8.95. The second-order valence-corrected chi connectivity index (χ2v) is 7.07. The molecule has 0 aliphatic heterocycles. The van der Waals surface area contributed by atoms with Crippen LogP contribution in [0.25, 0.3) is 11.5 Å². The topological polar surface area (TPSA) is 86.5 Å². The van der Waals surface area contributed by atoms with Gasteiger partial charge in [-0.25, -0.2) is 0 Å². The van der Waals surface area contributed by atoms with Gasteiger partial charge in [0.25, 0.3) is 11.6 Å². The molecule has 140 valence electrons. The lowest BCUT2D eigenvalue weighted by Gasteiger charge is -2.19. The van der Waals surface area contributed by atoms with Gasteiger partial charge in [0.05, 0.1) is 17.0 Å². The molecule has 7 nitrogen and oxygen atoms in total. The molecule has 1 heterocycles. The number of benzene rings is 2. The molecule has 0 aliphatic carbocycles. The van der Waals surface area contributed by atoms with E-state index in [1.165, 1.54) is 12.1 Å². The van der Waals surface area contributed by atoms with E-state index in [1.54, 1.807) is 24.3 Å². The molecule has 27 heavy (non-hydrogen) atoms. The molecule has 0 saturated heterocycles. The van der Waals surface area contributed by atoms with Gasteiger partial charge in [0.1, 0.15) is 6.54 Å². The van der Waals surface area contributed by atoms with Crippen LogP contribution < -0.4 is 4.90 Å². The van der Waals surface area contributed by atoms with Crippen molar-refractivity contribution in [2.75, 3.05) is 7.05 Å². The van der Waals surface area contributed by atoms with Gasteiger partial charge >= 0.3 is 0 Å². The van der Waals surface area contributed by atoms with E-state index < -0.39 is 4.92 Å². The van der Waals surface area contributed by atoms with Gasteiger partial charge in [-0.3, -0.25) is 10.1 Å². The van der Waals surface area contributed by atoms with Crippen molar-refractivity contribution in [3.8, 4) is 11.5 Å². The van der Waals surface area contributed by atoms with Crippen molar-refractivity contribution >= 4 is 28.9 Å². The minimum atomic E-state index is -0.453. The average Bonchev–Trinajstić information content (AvgIpc) is 3.13. The van der Waals surface area contributed by atoms with Crippen LogP contribution in [0.2, 0.25) is 10.0 Å². The molecule has 2 atom stereocenters. The summed E-state index contributed by atoms with van der Waals surface area (Å²) >= 11 is 12.2. The van der Waals surface area contributed by atoms with Crippen molar-refractivity contribution in [3.05, 3.63) is 74.1 Å². The Bertz CT molecular complexity index is 959. The third kappa shape index (κ3) is 4.44. The maximum atomic E-state index is 10.7. The molecule has 1 unspecified atom stereocenters. The van der Waals surface area contributed by atoms with Crippen LogP contribution in [-0.2, 0) is 6.54 Å². The Morgan fingerprint density at radius 3 is 2.52 bits per heavy atom. The van der Waals surface area contributed by atoms with E-state index in [1.807, 2.05) is 20.0 Å². The second kappa shape index (κ2) is 8.04. The fourth-order valence-electron chi connectivity index (χ4n) is 2.58. The fourth-order valence-corrected chi connectivity index (χ4v) is 3.06. The molecule has 0 spiro atoms. The van der Waals surface area contributed by atoms with Crippen LogP contribution in [0, 0.1) is 10.1 Å². The van der Waals surface area contributed by atoms with E-state index in [4.69, 9.17) is 27.6 Å². The number of nitrogens with one attached hydrogen (secondary N) is 1. The molecule has 3 aromatic rings. The summed E-state index contributed by atoms with van der Waals surface area (Å²) < 4.78 is 5.77. The Labute approximate surface area is 165 Å². The summed E-state index contributed by atoms with van der Waals surface area (Å²) in [5, 5.41) is 20.1. The first-order chi connectivity index (χ1) is 12.8. The third-order valence-electron chi connectivity index (χ3n) is 4.36. The molecule has 1 aromatic heterocycles. The van der Waals surface area contributed by atoms with Gasteiger partial charge in [0.15, 0.2) is 6.04 Å². The van der Waals surface area contributed by atoms with Crippen LogP contribution in [0.15, 0.2) is 46.9 Å². The summed E-state index contributed by atoms with van der Waals surface area (Å²) in [7, 11) is 2.01. The van der Waals surface area contributed by atoms with Crippen molar-refractivity contribution in [2.45, 2.75) is 19.5 Å². The highest BCUT2D eigenvalue weighted by Crippen LogP contribution is 2.23. The molecule has 0 bridgehead atoms. The Balaban J connectivity index is 1.73. The monoisotopic (exact) mass is 407 g/mol. The molecule has 3 rings (SSSR count). The molecule has 0 radical (unpaired) electrons. The number of aromatic nitrogens is 2. The van der Waals surface area contributed by atoms with Gasteiger partial charge in [0, 0.05) is 28.3 Å². The molecule has 0 saturated carbocycles.